The lowest BCUT2D eigenvalue weighted by Gasteiger charge is -2.33. The zero-order chi connectivity index (χ0) is 37.8. The fourth-order valence-corrected chi connectivity index (χ4v) is 13.3. The fraction of sp³-hybridized carbons (Fsp3) is 0. The Balaban J connectivity index is 1.22. The van der Waals surface area contributed by atoms with Crippen molar-refractivity contribution in [2.45, 2.75) is 0 Å². The minimum absolute atomic E-state index is 0.547. The van der Waals surface area contributed by atoms with E-state index >= 15 is 0 Å². The predicted octanol–water partition coefficient (Wildman–Crippen LogP) is 8.51. The molecular formula is C50H34N6Si. The Hall–Kier alpha value is -7.48. The summed E-state index contributed by atoms with van der Waals surface area (Å²) in [5.74, 6) is 1.66. The van der Waals surface area contributed by atoms with Crippen LogP contribution in [0.5, 0.6) is 0 Å². The Kier molecular flexibility index (Phi) is 7.72. The van der Waals surface area contributed by atoms with Crippen LogP contribution < -0.4 is 20.9 Å². The van der Waals surface area contributed by atoms with Crippen LogP contribution in [0.3, 0.4) is 0 Å². The molecule has 4 aromatic heterocycles. The van der Waals surface area contributed by atoms with Crippen molar-refractivity contribution in [3.63, 3.8) is 0 Å². The van der Waals surface area contributed by atoms with Crippen molar-refractivity contribution in [1.82, 2.24) is 29.1 Å². The molecule has 0 N–H and O–H groups in total. The molecule has 0 bridgehead atoms. The Morgan fingerprint density at radius 3 is 1.09 bits per heavy atom. The second-order valence-corrected chi connectivity index (χ2v) is 18.0. The molecule has 7 aromatic carbocycles. The molecule has 0 saturated carbocycles. The standard InChI is InChI=1S/C50H34N6Si/c1-4-18-36(19-5-1)57(37-20-6-2-7-21-37,38-22-8-3-9-23-38)47-34-35(32-33-51-47)48-52-49(55-43-28-14-10-24-39(43)40-25-11-15-29-44(40)55)54-50(53-48)56-45-30-16-12-26-41(45)42-27-13-17-31-46(42)56/h1-34H. The molecule has 0 fully saturated rings. The lowest BCUT2D eigenvalue weighted by atomic mass is 10.2. The van der Waals surface area contributed by atoms with Gasteiger partial charge in [0.25, 0.3) is 0 Å². The molecule has 0 saturated heterocycles. The van der Waals surface area contributed by atoms with Gasteiger partial charge in [-0.1, -0.05) is 164 Å². The van der Waals surface area contributed by atoms with Gasteiger partial charge in [-0.3, -0.25) is 14.1 Å². The quantitative estimate of drug-likeness (QED) is 0.121. The number of rotatable bonds is 7. The van der Waals surface area contributed by atoms with Gasteiger partial charge in [0.05, 0.1) is 22.1 Å². The Bertz CT molecular complexity index is 2910. The monoisotopic (exact) mass is 746 g/mol. The van der Waals surface area contributed by atoms with E-state index in [0.717, 1.165) is 54.5 Å². The summed E-state index contributed by atoms with van der Waals surface area (Å²) < 4.78 is 4.35. The average molecular weight is 747 g/mol. The molecule has 0 spiro atoms. The molecule has 4 heterocycles. The van der Waals surface area contributed by atoms with Crippen LogP contribution in [0.4, 0.5) is 0 Å². The van der Waals surface area contributed by atoms with Crippen molar-refractivity contribution in [2.24, 2.45) is 0 Å². The van der Waals surface area contributed by atoms with E-state index in [-0.39, 0.29) is 0 Å². The van der Waals surface area contributed by atoms with Gasteiger partial charge in [0, 0.05) is 38.6 Å². The Morgan fingerprint density at radius 2 is 0.702 bits per heavy atom. The summed E-state index contributed by atoms with van der Waals surface area (Å²) in [5, 5.41) is 9.32. The molecule has 0 aliphatic rings. The number of fused-ring (bicyclic) bond motifs is 6. The summed E-state index contributed by atoms with van der Waals surface area (Å²) in [5.41, 5.74) is 4.99. The van der Waals surface area contributed by atoms with Gasteiger partial charge in [-0.05, 0) is 52.0 Å². The maximum absolute atomic E-state index is 5.37. The number of para-hydroxylation sites is 4. The van der Waals surface area contributed by atoms with E-state index in [4.69, 9.17) is 19.9 Å². The van der Waals surface area contributed by atoms with Crippen LogP contribution in [0.25, 0.3) is 66.9 Å². The van der Waals surface area contributed by atoms with Gasteiger partial charge < -0.3 is 0 Å². The maximum atomic E-state index is 5.37. The highest BCUT2D eigenvalue weighted by molar-refractivity contribution is 7.19. The predicted molar refractivity (Wildman–Crippen MR) is 235 cm³/mol. The molecule has 11 rings (SSSR count). The van der Waals surface area contributed by atoms with E-state index in [9.17, 15) is 0 Å². The molecule has 0 aliphatic heterocycles. The fourth-order valence-electron chi connectivity index (χ4n) is 8.74. The summed E-state index contributed by atoms with van der Waals surface area (Å²) in [4.78, 5) is 21.4. The first-order valence-electron chi connectivity index (χ1n) is 19.2. The smallest absolute Gasteiger partial charge is 0.240 e. The van der Waals surface area contributed by atoms with Crippen LogP contribution in [0.1, 0.15) is 0 Å². The summed E-state index contributed by atoms with van der Waals surface area (Å²) in [6.07, 6.45) is 1.92. The van der Waals surface area contributed by atoms with Crippen LogP contribution in [0.2, 0.25) is 0 Å². The molecule has 7 heteroatoms. The maximum Gasteiger partial charge on any atom is 0.240 e. The average Bonchev–Trinajstić information content (AvgIpc) is 3.81. The summed E-state index contributed by atoms with van der Waals surface area (Å²) in [6, 6.07) is 70.7. The number of aromatic nitrogens is 6. The normalized spacial score (nSPS) is 11.9. The number of pyridine rings is 1. The van der Waals surface area contributed by atoms with Gasteiger partial charge in [0.1, 0.15) is 0 Å². The van der Waals surface area contributed by atoms with Crippen LogP contribution in [-0.2, 0) is 0 Å². The topological polar surface area (TPSA) is 61.4 Å². The summed E-state index contributed by atoms with van der Waals surface area (Å²) in [6.45, 7) is 0. The van der Waals surface area contributed by atoms with Gasteiger partial charge in [-0.2, -0.15) is 15.0 Å². The Labute approximate surface area is 330 Å². The second-order valence-electron chi connectivity index (χ2n) is 14.3. The highest BCUT2D eigenvalue weighted by atomic mass is 28.3. The first-order valence-corrected chi connectivity index (χ1v) is 21.2. The number of hydrogen-bond donors (Lipinski definition) is 0. The van der Waals surface area contributed by atoms with Crippen molar-refractivity contribution in [3.05, 3.63) is 206 Å². The first-order chi connectivity index (χ1) is 28.3. The minimum atomic E-state index is -2.94. The highest BCUT2D eigenvalue weighted by Gasteiger charge is 2.43. The zero-order valence-corrected chi connectivity index (χ0v) is 31.8. The van der Waals surface area contributed by atoms with Gasteiger partial charge in [0.2, 0.25) is 20.0 Å². The molecule has 6 nitrogen and oxygen atoms in total. The zero-order valence-electron chi connectivity index (χ0n) is 30.8. The van der Waals surface area contributed by atoms with Gasteiger partial charge >= 0.3 is 0 Å². The second kappa shape index (κ2) is 13.4. The minimum Gasteiger partial charge on any atom is -0.278 e. The first kappa shape index (κ1) is 32.9. The van der Waals surface area contributed by atoms with Crippen LogP contribution in [0, 0.1) is 0 Å². The van der Waals surface area contributed by atoms with Gasteiger partial charge in [0.15, 0.2) is 5.82 Å². The summed E-state index contributed by atoms with van der Waals surface area (Å²) in [7, 11) is -2.94. The number of benzene rings is 7. The SMILES string of the molecule is c1ccc([Si](c2ccccc2)(c2ccccc2)c2cc(-c3nc(-n4c5ccccc5c5ccccc54)nc(-n4c5ccccc5c5ccccc54)n3)ccn2)cc1. The highest BCUT2D eigenvalue weighted by Crippen LogP contribution is 2.34. The van der Waals surface area contributed by atoms with E-state index in [2.05, 4.69) is 203 Å². The van der Waals surface area contributed by atoms with E-state index in [0.29, 0.717) is 17.7 Å². The van der Waals surface area contributed by atoms with Crippen molar-refractivity contribution >= 4 is 72.6 Å². The third kappa shape index (κ3) is 5.17. The lowest BCUT2D eigenvalue weighted by Crippen LogP contribution is -2.75. The lowest BCUT2D eigenvalue weighted by molar-refractivity contribution is 0.892. The largest absolute Gasteiger partial charge is 0.278 e. The van der Waals surface area contributed by atoms with Crippen molar-refractivity contribution in [1.29, 1.82) is 0 Å². The molecule has 0 radical (unpaired) electrons. The van der Waals surface area contributed by atoms with Crippen LogP contribution in [0.15, 0.2) is 206 Å². The van der Waals surface area contributed by atoms with E-state index in [1.807, 2.05) is 12.3 Å². The summed E-state index contributed by atoms with van der Waals surface area (Å²) >= 11 is 0. The van der Waals surface area contributed by atoms with E-state index in [1.165, 1.54) is 15.6 Å². The Morgan fingerprint density at radius 1 is 0.351 bits per heavy atom. The molecule has 0 unspecified atom stereocenters. The molecule has 0 aliphatic carbocycles. The van der Waals surface area contributed by atoms with Crippen LogP contribution >= 0.6 is 0 Å². The third-order valence-corrected chi connectivity index (χ3v) is 15.8. The molecule has 0 amide bonds. The molecular weight excluding hydrogens is 713 g/mol. The van der Waals surface area contributed by atoms with Crippen molar-refractivity contribution in [2.75, 3.05) is 0 Å². The molecule has 57 heavy (non-hydrogen) atoms. The molecule has 0 atom stereocenters. The number of hydrogen-bond acceptors (Lipinski definition) is 4. The third-order valence-electron chi connectivity index (χ3n) is 11.2. The van der Waals surface area contributed by atoms with Gasteiger partial charge in [-0.15, -0.1) is 0 Å². The van der Waals surface area contributed by atoms with Crippen molar-refractivity contribution < 1.29 is 0 Å². The van der Waals surface area contributed by atoms with Gasteiger partial charge in [-0.25, -0.2) is 0 Å². The van der Waals surface area contributed by atoms with Crippen molar-refractivity contribution in [3.8, 4) is 23.3 Å². The molecule has 11 aromatic rings. The number of nitrogens with zero attached hydrogens (tertiary/aromatic N) is 6. The van der Waals surface area contributed by atoms with Crippen LogP contribution in [-0.4, -0.2) is 37.1 Å². The van der Waals surface area contributed by atoms with E-state index in [1.54, 1.807) is 0 Å². The van der Waals surface area contributed by atoms with E-state index < -0.39 is 8.07 Å². The molecule has 268 valence electrons.